The molecule has 1 saturated heterocycles. The van der Waals surface area contributed by atoms with Crippen LogP contribution in [-0.4, -0.2) is 27.6 Å². The highest BCUT2D eigenvalue weighted by Gasteiger charge is 2.19. The third-order valence-corrected chi connectivity index (χ3v) is 5.01. The van der Waals surface area contributed by atoms with Gasteiger partial charge in [-0.05, 0) is 55.4 Å². The molecule has 4 rings (SSSR count). The van der Waals surface area contributed by atoms with Gasteiger partial charge in [0.25, 0.3) is 0 Å². The van der Waals surface area contributed by atoms with Gasteiger partial charge in [0.15, 0.2) is 11.5 Å². The molecule has 3 aromatic rings. The van der Waals surface area contributed by atoms with Crippen LogP contribution < -0.4 is 5.32 Å². The third kappa shape index (κ3) is 2.47. The van der Waals surface area contributed by atoms with E-state index in [9.17, 15) is 0 Å². The highest BCUT2D eigenvalue weighted by molar-refractivity contribution is 7.13. The third-order valence-electron chi connectivity index (χ3n) is 4.14. The minimum absolute atomic E-state index is 0.712. The fourth-order valence-corrected chi connectivity index (χ4v) is 3.77. The summed E-state index contributed by atoms with van der Waals surface area (Å²) in [6.45, 7) is 3.26. The predicted octanol–water partition coefficient (Wildman–Crippen LogP) is 3.16. The molecule has 0 amide bonds. The Bertz CT molecular complexity index is 726. The second-order valence-electron chi connectivity index (χ2n) is 5.56. The Balaban J connectivity index is 1.78. The molecule has 21 heavy (non-hydrogen) atoms. The van der Waals surface area contributed by atoms with E-state index in [4.69, 9.17) is 4.98 Å². The zero-order valence-corrected chi connectivity index (χ0v) is 12.6. The monoisotopic (exact) mass is 298 g/mol. The van der Waals surface area contributed by atoms with E-state index in [0.29, 0.717) is 5.92 Å². The van der Waals surface area contributed by atoms with Gasteiger partial charge in [0.05, 0.1) is 4.88 Å². The maximum atomic E-state index is 4.82. The van der Waals surface area contributed by atoms with Gasteiger partial charge in [-0.25, -0.2) is 9.97 Å². The lowest BCUT2D eigenvalue weighted by atomic mass is 9.98. The first-order valence-corrected chi connectivity index (χ1v) is 8.35. The van der Waals surface area contributed by atoms with Crippen molar-refractivity contribution in [3.05, 3.63) is 35.8 Å². The lowest BCUT2D eigenvalue weighted by molar-refractivity contribution is 0.337. The number of rotatable bonds is 3. The van der Waals surface area contributed by atoms with Crippen molar-refractivity contribution in [2.75, 3.05) is 13.1 Å². The smallest absolute Gasteiger partial charge is 0.160 e. The van der Waals surface area contributed by atoms with E-state index >= 15 is 0 Å². The van der Waals surface area contributed by atoms with Crippen LogP contribution in [0.1, 0.15) is 12.8 Å². The molecule has 0 aliphatic carbocycles. The van der Waals surface area contributed by atoms with Crippen molar-refractivity contribution in [2.45, 2.75) is 19.4 Å². The number of fused-ring (bicyclic) bond motifs is 1. The Morgan fingerprint density at radius 2 is 2.14 bits per heavy atom. The topological polar surface area (TPSA) is 42.7 Å². The largest absolute Gasteiger partial charge is 0.317 e. The summed E-state index contributed by atoms with van der Waals surface area (Å²) in [6, 6.07) is 8.24. The number of thiophene rings is 1. The summed E-state index contributed by atoms with van der Waals surface area (Å²) in [4.78, 5) is 10.6. The first-order valence-electron chi connectivity index (χ1n) is 7.47. The predicted molar refractivity (Wildman–Crippen MR) is 86.4 cm³/mol. The van der Waals surface area contributed by atoms with Crippen LogP contribution in [0.25, 0.3) is 21.9 Å². The van der Waals surface area contributed by atoms with E-state index in [-0.39, 0.29) is 0 Å². The molecule has 0 saturated carbocycles. The number of imidazole rings is 1. The van der Waals surface area contributed by atoms with Crippen LogP contribution in [0.2, 0.25) is 0 Å². The molecule has 5 heteroatoms. The molecule has 4 nitrogen and oxygen atoms in total. The van der Waals surface area contributed by atoms with Gasteiger partial charge in [-0.2, -0.15) is 0 Å². The normalized spacial score (nSPS) is 16.6. The summed E-state index contributed by atoms with van der Waals surface area (Å²) in [6.07, 6.45) is 4.33. The van der Waals surface area contributed by atoms with Crippen molar-refractivity contribution in [2.24, 2.45) is 5.92 Å². The second-order valence-corrected chi connectivity index (χ2v) is 6.51. The molecule has 0 spiro atoms. The van der Waals surface area contributed by atoms with Crippen molar-refractivity contribution in [3.63, 3.8) is 0 Å². The van der Waals surface area contributed by atoms with Gasteiger partial charge in [-0.3, -0.25) is 0 Å². The molecule has 1 aliphatic rings. The molecule has 0 bridgehead atoms. The number of piperidine rings is 1. The summed E-state index contributed by atoms with van der Waals surface area (Å²) in [7, 11) is 0. The van der Waals surface area contributed by atoms with Gasteiger partial charge in [-0.1, -0.05) is 6.07 Å². The number of nitrogens with zero attached hydrogens (tertiary/aromatic N) is 3. The fraction of sp³-hybridized carbons (Fsp3) is 0.375. The van der Waals surface area contributed by atoms with Crippen molar-refractivity contribution in [1.29, 1.82) is 0 Å². The highest BCUT2D eigenvalue weighted by atomic mass is 32.1. The molecule has 1 N–H and O–H groups in total. The first kappa shape index (κ1) is 13.0. The molecule has 0 unspecified atom stereocenters. The summed E-state index contributed by atoms with van der Waals surface area (Å²) >= 11 is 1.74. The minimum atomic E-state index is 0.712. The summed E-state index contributed by atoms with van der Waals surface area (Å²) < 4.78 is 2.32. The SMILES string of the molecule is c1csc(-c2nc3cccnc3n2CC2CCNCC2)c1. The first-order chi connectivity index (χ1) is 10.4. The van der Waals surface area contributed by atoms with E-state index in [1.807, 2.05) is 12.3 Å². The quantitative estimate of drug-likeness (QED) is 0.807. The second kappa shape index (κ2) is 5.58. The van der Waals surface area contributed by atoms with Crippen LogP contribution in [0.4, 0.5) is 0 Å². The number of hydrogen-bond donors (Lipinski definition) is 1. The standard InChI is InChI=1S/C16H18N4S/c1-3-13-15(18-7-1)20(11-12-5-8-17-9-6-12)16(19-13)14-4-2-10-21-14/h1-4,7,10,12,17H,5-6,8-9,11H2. The van der Waals surface area contributed by atoms with E-state index < -0.39 is 0 Å². The zero-order chi connectivity index (χ0) is 14.1. The van der Waals surface area contributed by atoms with E-state index in [1.54, 1.807) is 11.3 Å². The van der Waals surface area contributed by atoms with Crippen molar-refractivity contribution in [3.8, 4) is 10.7 Å². The number of nitrogens with one attached hydrogen (secondary N) is 1. The Hall–Kier alpha value is -1.72. The van der Waals surface area contributed by atoms with E-state index in [0.717, 1.165) is 36.6 Å². The zero-order valence-electron chi connectivity index (χ0n) is 11.8. The van der Waals surface area contributed by atoms with Crippen LogP contribution in [-0.2, 0) is 6.54 Å². The molecular weight excluding hydrogens is 280 g/mol. The summed E-state index contributed by atoms with van der Waals surface area (Å²) in [5.41, 5.74) is 2.01. The molecule has 0 atom stereocenters. The molecular formula is C16H18N4S. The Morgan fingerprint density at radius 3 is 2.95 bits per heavy atom. The number of aromatic nitrogens is 3. The van der Waals surface area contributed by atoms with Crippen LogP contribution in [0.15, 0.2) is 35.8 Å². The van der Waals surface area contributed by atoms with Gasteiger partial charge >= 0.3 is 0 Å². The Morgan fingerprint density at radius 1 is 1.24 bits per heavy atom. The van der Waals surface area contributed by atoms with Crippen LogP contribution in [0, 0.1) is 5.92 Å². The average Bonchev–Trinajstić information content (AvgIpc) is 3.16. The number of hydrogen-bond acceptors (Lipinski definition) is 4. The molecule has 1 aliphatic heterocycles. The lowest BCUT2D eigenvalue weighted by Crippen LogP contribution is -2.30. The minimum Gasteiger partial charge on any atom is -0.317 e. The average molecular weight is 298 g/mol. The van der Waals surface area contributed by atoms with Crippen LogP contribution in [0.3, 0.4) is 0 Å². The molecule has 0 aromatic carbocycles. The maximum Gasteiger partial charge on any atom is 0.160 e. The molecule has 0 radical (unpaired) electrons. The Labute approximate surface area is 127 Å². The molecule has 1 fully saturated rings. The van der Waals surface area contributed by atoms with Crippen molar-refractivity contribution >= 4 is 22.5 Å². The maximum absolute atomic E-state index is 4.82. The van der Waals surface area contributed by atoms with Gasteiger partial charge in [-0.15, -0.1) is 11.3 Å². The summed E-state index contributed by atoms with van der Waals surface area (Å²) in [5, 5.41) is 5.54. The van der Waals surface area contributed by atoms with Gasteiger partial charge in [0, 0.05) is 12.7 Å². The highest BCUT2D eigenvalue weighted by Crippen LogP contribution is 2.29. The van der Waals surface area contributed by atoms with E-state index in [2.05, 4.69) is 38.4 Å². The molecule has 4 heterocycles. The molecule has 108 valence electrons. The van der Waals surface area contributed by atoms with Gasteiger partial charge in [0.1, 0.15) is 5.52 Å². The Kier molecular flexibility index (Phi) is 3.45. The van der Waals surface area contributed by atoms with Gasteiger partial charge < -0.3 is 9.88 Å². The molecule has 3 aromatic heterocycles. The number of pyridine rings is 1. The van der Waals surface area contributed by atoms with Crippen molar-refractivity contribution in [1.82, 2.24) is 19.9 Å². The van der Waals surface area contributed by atoms with Crippen LogP contribution in [0.5, 0.6) is 0 Å². The van der Waals surface area contributed by atoms with Crippen molar-refractivity contribution < 1.29 is 0 Å². The van der Waals surface area contributed by atoms with E-state index in [1.165, 1.54) is 17.7 Å². The van der Waals surface area contributed by atoms with Gasteiger partial charge in [0.2, 0.25) is 0 Å². The summed E-state index contributed by atoms with van der Waals surface area (Å²) in [5.74, 6) is 1.78. The van der Waals surface area contributed by atoms with Crippen LogP contribution >= 0.6 is 11.3 Å². The fourth-order valence-electron chi connectivity index (χ4n) is 3.05. The lowest BCUT2D eigenvalue weighted by Gasteiger charge is -2.23.